The maximum absolute atomic E-state index is 10.5. The standard InChI is InChI=1S/C11H12ClN3O2/c1-2-5-13-6-7-14-11-4-3-9(15(16)17)8-10(11)12/h1,3-4,8,13-14H,5-7H2. The Morgan fingerprint density at radius 2 is 2.24 bits per heavy atom. The van der Waals surface area contributed by atoms with Crippen molar-refractivity contribution in [2.24, 2.45) is 0 Å². The molecule has 0 atom stereocenters. The van der Waals surface area contributed by atoms with E-state index in [9.17, 15) is 10.1 Å². The fourth-order valence-corrected chi connectivity index (χ4v) is 1.45. The molecular weight excluding hydrogens is 242 g/mol. The fraction of sp³-hybridized carbons (Fsp3) is 0.273. The zero-order chi connectivity index (χ0) is 12.7. The monoisotopic (exact) mass is 253 g/mol. The summed E-state index contributed by atoms with van der Waals surface area (Å²) in [5.41, 5.74) is 0.644. The predicted octanol–water partition coefficient (Wildman–Crippen LogP) is 1.88. The van der Waals surface area contributed by atoms with Crippen molar-refractivity contribution in [3.05, 3.63) is 33.3 Å². The van der Waals surface area contributed by atoms with Crippen LogP contribution in [0.15, 0.2) is 18.2 Å². The van der Waals surface area contributed by atoms with Gasteiger partial charge < -0.3 is 10.6 Å². The van der Waals surface area contributed by atoms with Crippen molar-refractivity contribution in [1.29, 1.82) is 0 Å². The van der Waals surface area contributed by atoms with Crippen molar-refractivity contribution in [2.45, 2.75) is 0 Å². The van der Waals surface area contributed by atoms with Gasteiger partial charge >= 0.3 is 0 Å². The summed E-state index contributed by atoms with van der Waals surface area (Å²) in [7, 11) is 0. The normalized spacial score (nSPS) is 9.65. The average Bonchev–Trinajstić information content (AvgIpc) is 2.30. The molecule has 0 aliphatic carbocycles. The molecule has 0 bridgehead atoms. The minimum Gasteiger partial charge on any atom is -0.383 e. The van der Waals surface area contributed by atoms with E-state index >= 15 is 0 Å². The zero-order valence-corrected chi connectivity index (χ0v) is 9.83. The van der Waals surface area contributed by atoms with Crippen LogP contribution in [0.1, 0.15) is 0 Å². The Hall–Kier alpha value is -1.77. The molecule has 90 valence electrons. The van der Waals surface area contributed by atoms with E-state index < -0.39 is 4.92 Å². The number of hydrogen-bond acceptors (Lipinski definition) is 4. The van der Waals surface area contributed by atoms with Gasteiger partial charge in [0.1, 0.15) is 0 Å². The minimum absolute atomic E-state index is 0.0222. The smallest absolute Gasteiger partial charge is 0.271 e. The SMILES string of the molecule is C#CCNCCNc1ccc([N+](=O)[O-])cc1Cl. The van der Waals surface area contributed by atoms with Crippen LogP contribution in [0.5, 0.6) is 0 Å². The summed E-state index contributed by atoms with van der Waals surface area (Å²) < 4.78 is 0. The first-order valence-corrected chi connectivity index (χ1v) is 5.35. The lowest BCUT2D eigenvalue weighted by molar-refractivity contribution is -0.384. The zero-order valence-electron chi connectivity index (χ0n) is 9.07. The summed E-state index contributed by atoms with van der Waals surface area (Å²) in [6, 6.07) is 4.31. The number of terminal acetylenes is 1. The highest BCUT2D eigenvalue weighted by Crippen LogP contribution is 2.26. The second-order valence-corrected chi connectivity index (χ2v) is 3.64. The molecule has 0 aromatic heterocycles. The molecule has 0 spiro atoms. The van der Waals surface area contributed by atoms with Gasteiger partial charge in [-0.05, 0) is 6.07 Å². The maximum Gasteiger partial charge on any atom is 0.271 e. The van der Waals surface area contributed by atoms with Crippen molar-refractivity contribution in [3.8, 4) is 12.3 Å². The second-order valence-electron chi connectivity index (χ2n) is 3.23. The quantitative estimate of drug-likeness (QED) is 0.352. The van der Waals surface area contributed by atoms with Gasteiger partial charge in [0.05, 0.1) is 22.2 Å². The summed E-state index contributed by atoms with van der Waals surface area (Å²) in [6.45, 7) is 1.84. The van der Waals surface area contributed by atoms with Crippen molar-refractivity contribution in [2.75, 3.05) is 25.0 Å². The van der Waals surface area contributed by atoms with Gasteiger partial charge in [-0.2, -0.15) is 0 Å². The molecule has 0 radical (unpaired) electrons. The molecule has 5 nitrogen and oxygen atoms in total. The van der Waals surface area contributed by atoms with Gasteiger partial charge in [0.25, 0.3) is 5.69 Å². The number of benzene rings is 1. The number of nitrogens with zero attached hydrogens (tertiary/aromatic N) is 1. The third-order valence-corrected chi connectivity index (χ3v) is 2.32. The fourth-order valence-electron chi connectivity index (χ4n) is 1.21. The van der Waals surface area contributed by atoms with Gasteiger partial charge in [0.2, 0.25) is 0 Å². The highest BCUT2D eigenvalue weighted by Gasteiger charge is 2.08. The summed E-state index contributed by atoms with van der Waals surface area (Å²) in [6.07, 6.45) is 5.07. The topological polar surface area (TPSA) is 67.2 Å². The molecule has 0 amide bonds. The van der Waals surface area contributed by atoms with E-state index in [4.69, 9.17) is 18.0 Å². The van der Waals surface area contributed by atoms with Crippen LogP contribution in [-0.2, 0) is 0 Å². The van der Waals surface area contributed by atoms with Crippen molar-refractivity contribution >= 4 is 23.0 Å². The van der Waals surface area contributed by atoms with Crippen LogP contribution in [0, 0.1) is 22.5 Å². The van der Waals surface area contributed by atoms with Gasteiger partial charge in [0, 0.05) is 25.2 Å². The van der Waals surface area contributed by atoms with Gasteiger partial charge in [-0.3, -0.25) is 10.1 Å². The summed E-state index contributed by atoms with van der Waals surface area (Å²) >= 11 is 5.89. The van der Waals surface area contributed by atoms with E-state index in [-0.39, 0.29) is 5.69 Å². The summed E-state index contributed by atoms with van der Waals surface area (Å²) in [5, 5.41) is 16.9. The third kappa shape index (κ3) is 4.31. The molecule has 2 N–H and O–H groups in total. The number of non-ortho nitro benzene ring substituents is 1. The lowest BCUT2D eigenvalue weighted by atomic mass is 10.3. The van der Waals surface area contributed by atoms with E-state index in [1.807, 2.05) is 0 Å². The Morgan fingerprint density at radius 3 is 2.82 bits per heavy atom. The molecule has 0 aliphatic rings. The Balaban J connectivity index is 2.50. The number of rotatable bonds is 6. The molecule has 1 rings (SSSR count). The Bertz CT molecular complexity index is 443. The van der Waals surface area contributed by atoms with E-state index in [0.717, 1.165) is 0 Å². The molecule has 17 heavy (non-hydrogen) atoms. The van der Waals surface area contributed by atoms with E-state index in [1.54, 1.807) is 6.07 Å². The number of nitro benzene ring substituents is 1. The molecule has 0 aliphatic heterocycles. The molecule has 1 aromatic carbocycles. The lowest BCUT2D eigenvalue weighted by Gasteiger charge is -2.07. The van der Waals surface area contributed by atoms with Crippen molar-refractivity contribution in [1.82, 2.24) is 5.32 Å². The van der Waals surface area contributed by atoms with E-state index in [0.29, 0.717) is 30.3 Å². The number of nitro groups is 1. The van der Waals surface area contributed by atoms with Crippen LogP contribution in [-0.4, -0.2) is 24.6 Å². The van der Waals surface area contributed by atoms with Crippen LogP contribution >= 0.6 is 11.6 Å². The maximum atomic E-state index is 10.5. The summed E-state index contributed by atoms with van der Waals surface area (Å²) in [5.74, 6) is 2.46. The highest BCUT2D eigenvalue weighted by atomic mass is 35.5. The molecule has 0 saturated heterocycles. The number of hydrogen-bond donors (Lipinski definition) is 2. The van der Waals surface area contributed by atoms with Crippen LogP contribution in [0.25, 0.3) is 0 Å². The number of anilines is 1. The molecule has 0 fully saturated rings. The second kappa shape index (κ2) is 6.74. The van der Waals surface area contributed by atoms with Gasteiger partial charge in [0.15, 0.2) is 0 Å². The first-order chi connectivity index (χ1) is 8.15. The van der Waals surface area contributed by atoms with Crippen molar-refractivity contribution in [3.63, 3.8) is 0 Å². The lowest BCUT2D eigenvalue weighted by Crippen LogP contribution is -2.22. The van der Waals surface area contributed by atoms with Crippen LogP contribution in [0.2, 0.25) is 5.02 Å². The van der Waals surface area contributed by atoms with Crippen LogP contribution in [0.3, 0.4) is 0 Å². The Kier molecular flexibility index (Phi) is 5.27. The van der Waals surface area contributed by atoms with Gasteiger partial charge in [-0.25, -0.2) is 0 Å². The number of halogens is 1. The number of nitrogens with one attached hydrogen (secondary N) is 2. The minimum atomic E-state index is -0.482. The largest absolute Gasteiger partial charge is 0.383 e. The molecular formula is C11H12ClN3O2. The van der Waals surface area contributed by atoms with Crippen LogP contribution < -0.4 is 10.6 Å². The predicted molar refractivity (Wildman–Crippen MR) is 68.3 cm³/mol. The highest BCUT2D eigenvalue weighted by molar-refractivity contribution is 6.33. The van der Waals surface area contributed by atoms with Gasteiger partial charge in [-0.15, -0.1) is 6.42 Å². The van der Waals surface area contributed by atoms with Crippen molar-refractivity contribution < 1.29 is 4.92 Å². The Morgan fingerprint density at radius 1 is 1.47 bits per heavy atom. The first kappa shape index (κ1) is 13.3. The molecule has 0 saturated carbocycles. The Labute approximate surface area is 104 Å². The first-order valence-electron chi connectivity index (χ1n) is 4.97. The summed E-state index contributed by atoms with van der Waals surface area (Å²) in [4.78, 5) is 10.0. The third-order valence-electron chi connectivity index (χ3n) is 2.01. The molecule has 0 heterocycles. The van der Waals surface area contributed by atoms with Crippen LogP contribution in [0.4, 0.5) is 11.4 Å². The van der Waals surface area contributed by atoms with E-state index in [1.165, 1.54) is 12.1 Å². The van der Waals surface area contributed by atoms with Gasteiger partial charge in [-0.1, -0.05) is 17.5 Å². The molecule has 1 aromatic rings. The molecule has 6 heteroatoms. The van der Waals surface area contributed by atoms with E-state index in [2.05, 4.69) is 16.6 Å². The average molecular weight is 254 g/mol. The molecule has 0 unspecified atom stereocenters.